The number of carbonyl (C=O) groups excluding carboxylic acids is 2. The summed E-state index contributed by atoms with van der Waals surface area (Å²) in [5.41, 5.74) is 2.17. The minimum atomic E-state index is -0.0313. The maximum absolute atomic E-state index is 13.4. The van der Waals surface area contributed by atoms with E-state index in [1.807, 2.05) is 0 Å². The molecule has 0 amide bonds. The summed E-state index contributed by atoms with van der Waals surface area (Å²) in [6, 6.07) is 0. The van der Waals surface area contributed by atoms with Gasteiger partial charge in [-0.2, -0.15) is 0 Å². The van der Waals surface area contributed by atoms with Crippen LogP contribution in [0.25, 0.3) is 0 Å². The lowest BCUT2D eigenvalue weighted by Crippen LogP contribution is -2.67. The number of rotatable bonds is 34. The summed E-state index contributed by atoms with van der Waals surface area (Å²) in [5, 5.41) is 0. The molecule has 0 spiro atoms. The van der Waals surface area contributed by atoms with Crippen molar-refractivity contribution in [3.63, 3.8) is 0 Å². The van der Waals surface area contributed by atoms with Gasteiger partial charge in [-0.25, -0.2) is 0 Å². The Bertz CT molecular complexity index is 1610. The zero-order valence-electron chi connectivity index (χ0n) is 47.7. The van der Waals surface area contributed by atoms with Gasteiger partial charge < -0.3 is 9.47 Å². The Kier molecular flexibility index (Phi) is 24.7. The summed E-state index contributed by atoms with van der Waals surface area (Å²) in [7, 11) is 0. The van der Waals surface area contributed by atoms with Gasteiger partial charge >= 0.3 is 11.9 Å². The summed E-state index contributed by atoms with van der Waals surface area (Å²) < 4.78 is 12.9. The fraction of sp³-hybridized carbons (Fsp3) is 0.879. The molecule has 5 saturated carbocycles. The number of hydrogen-bond acceptors (Lipinski definition) is 4. The van der Waals surface area contributed by atoms with Crippen LogP contribution in [-0.2, 0) is 19.1 Å². The van der Waals surface area contributed by atoms with E-state index in [2.05, 4.69) is 86.3 Å². The van der Waals surface area contributed by atoms with Crippen LogP contribution in [0.4, 0.5) is 0 Å². The van der Waals surface area contributed by atoms with Gasteiger partial charge in [0, 0.05) is 23.7 Å². The monoisotopic (exact) mass is 971 g/mol. The lowest BCUT2D eigenvalue weighted by atomic mass is 9.32. The van der Waals surface area contributed by atoms with Crippen LogP contribution in [0.2, 0.25) is 0 Å². The molecule has 10 atom stereocenters. The van der Waals surface area contributed by atoms with Crippen LogP contribution in [0.1, 0.15) is 299 Å². The SMILES string of the molecule is C=C(C)[C@@H]1CC[C@]2(COC(=O)CCCCCCCC=CCCCCCCCC)CC[C@]3(C)[C@H](CC[C@@H]4[C@@]5(C)CC[C@H](OC(=O)CCCCCCCC=CCCCCCCCC)C(C)(C)[C@@H]5CC[C@]43C)[C@@H]12. The number of unbranched alkanes of at least 4 members (excludes halogenated alkanes) is 22. The predicted molar refractivity (Wildman–Crippen MR) is 299 cm³/mol. The van der Waals surface area contributed by atoms with Gasteiger partial charge in [0.05, 0.1) is 6.61 Å². The zero-order chi connectivity index (χ0) is 50.5. The van der Waals surface area contributed by atoms with Crippen molar-refractivity contribution in [3.8, 4) is 0 Å². The van der Waals surface area contributed by atoms with Gasteiger partial charge in [0.15, 0.2) is 0 Å². The van der Waals surface area contributed by atoms with Gasteiger partial charge in [-0.1, -0.05) is 188 Å². The Hall–Kier alpha value is -1.84. The second-order valence-corrected chi connectivity index (χ2v) is 26.2. The fourth-order valence-corrected chi connectivity index (χ4v) is 16.9. The van der Waals surface area contributed by atoms with E-state index in [1.165, 1.54) is 205 Å². The molecule has 0 aromatic heterocycles. The van der Waals surface area contributed by atoms with Gasteiger partial charge in [0.25, 0.3) is 0 Å². The average Bonchev–Trinajstić information content (AvgIpc) is 3.72. The van der Waals surface area contributed by atoms with Crippen LogP contribution in [0.15, 0.2) is 36.5 Å². The highest BCUT2D eigenvalue weighted by Crippen LogP contribution is 2.77. The number of allylic oxidation sites excluding steroid dienone is 5. The zero-order valence-corrected chi connectivity index (χ0v) is 47.7. The third kappa shape index (κ3) is 15.4. The van der Waals surface area contributed by atoms with Crippen LogP contribution in [0, 0.1) is 56.7 Å². The fourth-order valence-electron chi connectivity index (χ4n) is 16.9. The Morgan fingerprint density at radius 3 is 1.54 bits per heavy atom. The third-order valence-corrected chi connectivity index (χ3v) is 21.3. The molecule has 0 N–H and O–H groups in total. The third-order valence-electron chi connectivity index (χ3n) is 21.3. The summed E-state index contributed by atoms with van der Waals surface area (Å²) in [4.78, 5) is 26.8. The first-order valence-corrected chi connectivity index (χ1v) is 31.0. The molecule has 5 fully saturated rings. The van der Waals surface area contributed by atoms with E-state index in [0.29, 0.717) is 49.0 Å². The maximum atomic E-state index is 13.4. The molecule has 4 heteroatoms. The van der Waals surface area contributed by atoms with E-state index in [9.17, 15) is 9.59 Å². The van der Waals surface area contributed by atoms with Crippen molar-refractivity contribution in [2.45, 2.75) is 305 Å². The lowest BCUT2D eigenvalue weighted by Gasteiger charge is -2.73. The van der Waals surface area contributed by atoms with Crippen molar-refractivity contribution in [2.75, 3.05) is 6.61 Å². The molecule has 0 radical (unpaired) electrons. The van der Waals surface area contributed by atoms with Gasteiger partial charge in [0.1, 0.15) is 6.10 Å². The Balaban J connectivity index is 1.05. The molecule has 4 nitrogen and oxygen atoms in total. The Labute approximate surface area is 434 Å². The van der Waals surface area contributed by atoms with Crippen molar-refractivity contribution < 1.29 is 19.1 Å². The van der Waals surface area contributed by atoms with Crippen molar-refractivity contribution >= 4 is 11.9 Å². The summed E-state index contributed by atoms with van der Waals surface area (Å²) in [6.07, 6.45) is 55.8. The van der Waals surface area contributed by atoms with E-state index in [-0.39, 0.29) is 45.1 Å². The molecule has 0 aromatic rings. The molecule has 0 aliphatic heterocycles. The molecule has 0 heterocycles. The molecular formula is C66H114O4. The molecule has 402 valence electrons. The average molecular weight is 972 g/mol. The van der Waals surface area contributed by atoms with E-state index in [1.54, 1.807) is 0 Å². The number of esters is 2. The summed E-state index contributed by atoms with van der Waals surface area (Å²) in [6.45, 7) is 25.1. The number of hydrogen-bond donors (Lipinski definition) is 0. The van der Waals surface area contributed by atoms with E-state index >= 15 is 0 Å². The number of fused-ring (bicyclic) bond motifs is 7. The molecule has 0 bridgehead atoms. The van der Waals surface area contributed by atoms with Crippen LogP contribution in [0.3, 0.4) is 0 Å². The van der Waals surface area contributed by atoms with Crippen LogP contribution in [-0.4, -0.2) is 24.6 Å². The largest absolute Gasteiger partial charge is 0.465 e. The number of ether oxygens (including phenoxy) is 2. The highest BCUT2D eigenvalue weighted by molar-refractivity contribution is 5.69. The summed E-state index contributed by atoms with van der Waals surface area (Å²) >= 11 is 0. The first kappa shape index (κ1) is 59.0. The van der Waals surface area contributed by atoms with E-state index in [4.69, 9.17) is 9.47 Å². The van der Waals surface area contributed by atoms with Crippen LogP contribution in [0.5, 0.6) is 0 Å². The van der Waals surface area contributed by atoms with Crippen molar-refractivity contribution in [1.29, 1.82) is 0 Å². The summed E-state index contributed by atoms with van der Waals surface area (Å²) in [5.74, 6) is 3.02. The molecule has 70 heavy (non-hydrogen) atoms. The highest BCUT2D eigenvalue weighted by atomic mass is 16.5. The van der Waals surface area contributed by atoms with Crippen LogP contribution < -0.4 is 0 Å². The van der Waals surface area contributed by atoms with Gasteiger partial charge in [-0.15, -0.1) is 0 Å². The van der Waals surface area contributed by atoms with Gasteiger partial charge in [0.2, 0.25) is 0 Å². The second-order valence-electron chi connectivity index (χ2n) is 26.2. The number of carbonyl (C=O) groups is 2. The molecular weight excluding hydrogens is 857 g/mol. The topological polar surface area (TPSA) is 52.6 Å². The standard InChI is InChI=1S/C66H114O4/c1-10-12-14-16-18-20-22-24-26-28-30-32-34-36-38-40-59(67)69-52-66-49-44-54(53(3)4)61(66)55-42-43-57-63(7)47-46-58(62(5,6)56(63)45-48-65(57,9)64(55,8)50-51-66)70-60(68)41-39-37-35-33-31-29-27-25-23-21-19-17-15-13-11-2/h24-27,54-58,61H,3,10-23,28-52H2,1-2,4-9H3/t54-,55+,56-,57+,58-,61+,63-,64+,65+,66+/m0/s1. The van der Waals surface area contributed by atoms with Crippen molar-refractivity contribution in [3.05, 3.63) is 36.5 Å². The Morgan fingerprint density at radius 2 is 1.01 bits per heavy atom. The predicted octanol–water partition coefficient (Wildman–Crippen LogP) is 20.2. The first-order chi connectivity index (χ1) is 33.7. The van der Waals surface area contributed by atoms with Gasteiger partial charge in [-0.05, 0) is 181 Å². The second kappa shape index (κ2) is 29.3. The van der Waals surface area contributed by atoms with Crippen molar-refractivity contribution in [1.82, 2.24) is 0 Å². The first-order valence-electron chi connectivity index (χ1n) is 31.0. The molecule has 0 aromatic carbocycles. The quantitative estimate of drug-likeness (QED) is 0.0366. The van der Waals surface area contributed by atoms with E-state index < -0.39 is 0 Å². The lowest BCUT2D eigenvalue weighted by molar-refractivity contribution is -0.252. The maximum Gasteiger partial charge on any atom is 0.306 e. The van der Waals surface area contributed by atoms with E-state index in [0.717, 1.165) is 32.1 Å². The molecule has 0 unspecified atom stereocenters. The Morgan fingerprint density at radius 1 is 0.514 bits per heavy atom. The highest BCUT2D eigenvalue weighted by Gasteiger charge is 2.71. The molecule has 5 aliphatic carbocycles. The van der Waals surface area contributed by atoms with Crippen molar-refractivity contribution in [2.24, 2.45) is 56.7 Å². The minimum absolute atomic E-state index is 0.0159. The molecule has 0 saturated heterocycles. The van der Waals surface area contributed by atoms with Crippen LogP contribution >= 0.6 is 0 Å². The normalized spacial score (nSPS) is 32.3. The molecule has 5 rings (SSSR count). The smallest absolute Gasteiger partial charge is 0.306 e. The minimum Gasteiger partial charge on any atom is -0.465 e. The molecule has 5 aliphatic rings. The van der Waals surface area contributed by atoms with Gasteiger partial charge in [-0.3, -0.25) is 9.59 Å².